The summed E-state index contributed by atoms with van der Waals surface area (Å²) in [7, 11) is 0. The number of amides is 1. The first-order valence-corrected chi connectivity index (χ1v) is 6.70. The lowest BCUT2D eigenvalue weighted by atomic mass is 10.0. The minimum atomic E-state index is -0.520. The van der Waals surface area contributed by atoms with E-state index in [1.54, 1.807) is 6.20 Å². The standard InChI is InChI=1S/C14H22N4O/c1-11-4-5-16-12(10-11)17-13(19)14(2,3)18-8-6-15-7-9-18/h4-5,10,15H,6-9H2,1-3H3,(H,16,17,19). The molecule has 0 saturated carbocycles. The Morgan fingerprint density at radius 1 is 1.42 bits per heavy atom. The highest BCUT2D eigenvalue weighted by Crippen LogP contribution is 2.17. The molecule has 0 bridgehead atoms. The third-order valence-corrected chi connectivity index (χ3v) is 3.62. The molecule has 1 fully saturated rings. The topological polar surface area (TPSA) is 57.3 Å². The molecule has 1 aliphatic heterocycles. The van der Waals surface area contributed by atoms with Crippen molar-refractivity contribution in [2.75, 3.05) is 31.5 Å². The number of hydrogen-bond donors (Lipinski definition) is 2. The van der Waals surface area contributed by atoms with Crippen molar-refractivity contribution in [1.29, 1.82) is 0 Å². The number of aryl methyl sites for hydroxylation is 1. The molecule has 1 amide bonds. The second-order valence-electron chi connectivity index (χ2n) is 5.47. The van der Waals surface area contributed by atoms with Crippen molar-refractivity contribution in [2.24, 2.45) is 0 Å². The number of nitrogens with zero attached hydrogens (tertiary/aromatic N) is 2. The van der Waals surface area contributed by atoms with Gasteiger partial charge < -0.3 is 10.6 Å². The Morgan fingerprint density at radius 3 is 2.74 bits per heavy atom. The molecule has 104 valence electrons. The number of carbonyl (C=O) groups excluding carboxylic acids is 1. The maximum absolute atomic E-state index is 12.4. The summed E-state index contributed by atoms with van der Waals surface area (Å²) in [6.45, 7) is 9.55. The van der Waals surface area contributed by atoms with Gasteiger partial charge >= 0.3 is 0 Å². The van der Waals surface area contributed by atoms with Gasteiger partial charge in [0.1, 0.15) is 5.82 Å². The van der Waals surface area contributed by atoms with Gasteiger partial charge in [-0.05, 0) is 38.5 Å². The normalized spacial score (nSPS) is 17.2. The summed E-state index contributed by atoms with van der Waals surface area (Å²) in [5.41, 5.74) is 0.568. The SMILES string of the molecule is Cc1ccnc(NC(=O)C(C)(C)N2CCNCC2)c1. The van der Waals surface area contributed by atoms with Crippen LogP contribution in [0, 0.1) is 6.92 Å². The third-order valence-electron chi connectivity index (χ3n) is 3.62. The lowest BCUT2D eigenvalue weighted by molar-refractivity contribution is -0.126. The highest BCUT2D eigenvalue weighted by atomic mass is 16.2. The molecule has 0 radical (unpaired) electrons. The van der Waals surface area contributed by atoms with Gasteiger partial charge in [-0.15, -0.1) is 0 Å². The van der Waals surface area contributed by atoms with Crippen LogP contribution in [-0.2, 0) is 4.79 Å². The molecule has 5 nitrogen and oxygen atoms in total. The smallest absolute Gasteiger partial charge is 0.245 e. The van der Waals surface area contributed by atoms with E-state index in [0.717, 1.165) is 31.7 Å². The number of aromatic nitrogens is 1. The van der Waals surface area contributed by atoms with E-state index < -0.39 is 5.54 Å². The molecule has 0 atom stereocenters. The molecule has 1 aromatic rings. The summed E-state index contributed by atoms with van der Waals surface area (Å²) >= 11 is 0. The number of piperazine rings is 1. The van der Waals surface area contributed by atoms with E-state index in [0.29, 0.717) is 5.82 Å². The first kappa shape index (κ1) is 14.0. The van der Waals surface area contributed by atoms with Crippen LogP contribution >= 0.6 is 0 Å². The van der Waals surface area contributed by atoms with Gasteiger partial charge in [-0.25, -0.2) is 4.98 Å². The molecule has 19 heavy (non-hydrogen) atoms. The quantitative estimate of drug-likeness (QED) is 0.853. The fraction of sp³-hybridized carbons (Fsp3) is 0.571. The number of hydrogen-bond acceptors (Lipinski definition) is 4. The Hall–Kier alpha value is -1.46. The van der Waals surface area contributed by atoms with Gasteiger partial charge in [-0.3, -0.25) is 9.69 Å². The predicted molar refractivity (Wildman–Crippen MR) is 76.1 cm³/mol. The zero-order chi connectivity index (χ0) is 13.9. The van der Waals surface area contributed by atoms with Crippen molar-refractivity contribution in [3.8, 4) is 0 Å². The molecule has 1 aromatic heterocycles. The Labute approximate surface area is 114 Å². The maximum atomic E-state index is 12.4. The van der Waals surface area contributed by atoms with Gasteiger partial charge in [0.05, 0.1) is 5.54 Å². The fourth-order valence-corrected chi connectivity index (χ4v) is 2.24. The van der Waals surface area contributed by atoms with E-state index >= 15 is 0 Å². The van der Waals surface area contributed by atoms with Gasteiger partial charge in [0.25, 0.3) is 0 Å². The van der Waals surface area contributed by atoms with E-state index in [2.05, 4.69) is 20.5 Å². The molecule has 0 aromatic carbocycles. The second-order valence-corrected chi connectivity index (χ2v) is 5.47. The van der Waals surface area contributed by atoms with E-state index in [9.17, 15) is 4.79 Å². The first-order valence-electron chi connectivity index (χ1n) is 6.70. The molecule has 2 heterocycles. The van der Waals surface area contributed by atoms with Crippen molar-refractivity contribution in [3.63, 3.8) is 0 Å². The summed E-state index contributed by atoms with van der Waals surface area (Å²) in [5, 5.41) is 6.21. The minimum absolute atomic E-state index is 0.00694. The molecule has 1 saturated heterocycles. The van der Waals surface area contributed by atoms with Crippen molar-refractivity contribution in [3.05, 3.63) is 23.9 Å². The Morgan fingerprint density at radius 2 is 2.11 bits per heavy atom. The van der Waals surface area contributed by atoms with Crippen molar-refractivity contribution < 1.29 is 4.79 Å². The third kappa shape index (κ3) is 3.30. The molecule has 0 spiro atoms. The molecule has 2 N–H and O–H groups in total. The van der Waals surface area contributed by atoms with Crippen LogP contribution in [-0.4, -0.2) is 47.5 Å². The summed E-state index contributed by atoms with van der Waals surface area (Å²) in [6.07, 6.45) is 1.71. The highest BCUT2D eigenvalue weighted by molar-refractivity contribution is 5.96. The monoisotopic (exact) mass is 262 g/mol. The minimum Gasteiger partial charge on any atom is -0.314 e. The fourth-order valence-electron chi connectivity index (χ4n) is 2.24. The van der Waals surface area contributed by atoms with Crippen LogP contribution < -0.4 is 10.6 Å². The summed E-state index contributed by atoms with van der Waals surface area (Å²) in [5.74, 6) is 0.612. The van der Waals surface area contributed by atoms with Gasteiger partial charge in [-0.2, -0.15) is 0 Å². The van der Waals surface area contributed by atoms with E-state index in [1.165, 1.54) is 0 Å². The molecular weight excluding hydrogens is 240 g/mol. The zero-order valence-electron chi connectivity index (χ0n) is 11.9. The Kier molecular flexibility index (Phi) is 4.17. The van der Waals surface area contributed by atoms with Gasteiger partial charge in [0.15, 0.2) is 0 Å². The summed E-state index contributed by atoms with van der Waals surface area (Å²) < 4.78 is 0. The number of anilines is 1. The van der Waals surface area contributed by atoms with Crippen LogP contribution in [0.15, 0.2) is 18.3 Å². The molecule has 0 unspecified atom stereocenters. The average molecular weight is 262 g/mol. The van der Waals surface area contributed by atoms with Gasteiger partial charge in [0.2, 0.25) is 5.91 Å². The Balaban J connectivity index is 2.05. The van der Waals surface area contributed by atoms with Gasteiger partial charge in [0, 0.05) is 32.4 Å². The summed E-state index contributed by atoms with van der Waals surface area (Å²) in [6, 6.07) is 3.79. The lowest BCUT2D eigenvalue weighted by Gasteiger charge is -2.39. The molecule has 5 heteroatoms. The van der Waals surface area contributed by atoms with Crippen LogP contribution in [0.25, 0.3) is 0 Å². The molecule has 2 rings (SSSR count). The van der Waals surface area contributed by atoms with Crippen LogP contribution in [0.3, 0.4) is 0 Å². The van der Waals surface area contributed by atoms with E-state index in [-0.39, 0.29) is 5.91 Å². The van der Waals surface area contributed by atoms with Crippen LogP contribution in [0.2, 0.25) is 0 Å². The number of pyridine rings is 1. The largest absolute Gasteiger partial charge is 0.314 e. The number of carbonyl (C=O) groups is 1. The average Bonchev–Trinajstić information content (AvgIpc) is 2.39. The van der Waals surface area contributed by atoms with Gasteiger partial charge in [-0.1, -0.05) is 0 Å². The van der Waals surface area contributed by atoms with Crippen LogP contribution in [0.5, 0.6) is 0 Å². The first-order chi connectivity index (χ1) is 9.00. The number of nitrogens with one attached hydrogen (secondary N) is 2. The predicted octanol–water partition coefficient (Wildman–Crippen LogP) is 1.01. The lowest BCUT2D eigenvalue weighted by Crippen LogP contribution is -2.58. The highest BCUT2D eigenvalue weighted by Gasteiger charge is 2.35. The van der Waals surface area contributed by atoms with E-state index in [1.807, 2.05) is 32.9 Å². The second kappa shape index (κ2) is 5.67. The molecule has 0 aliphatic carbocycles. The number of rotatable bonds is 3. The van der Waals surface area contributed by atoms with Crippen LogP contribution in [0.1, 0.15) is 19.4 Å². The Bertz CT molecular complexity index is 453. The summed E-state index contributed by atoms with van der Waals surface area (Å²) in [4.78, 5) is 18.8. The zero-order valence-corrected chi connectivity index (χ0v) is 11.9. The van der Waals surface area contributed by atoms with Crippen LogP contribution in [0.4, 0.5) is 5.82 Å². The van der Waals surface area contributed by atoms with E-state index in [4.69, 9.17) is 0 Å². The van der Waals surface area contributed by atoms with Crippen molar-refractivity contribution in [1.82, 2.24) is 15.2 Å². The van der Waals surface area contributed by atoms with Crippen molar-refractivity contribution >= 4 is 11.7 Å². The molecular formula is C14H22N4O. The maximum Gasteiger partial charge on any atom is 0.245 e. The van der Waals surface area contributed by atoms with Crippen molar-refractivity contribution in [2.45, 2.75) is 26.3 Å². The molecule has 1 aliphatic rings.